The average Bonchev–Trinajstić information content (AvgIpc) is 3.15. The average molecular weight is 447 g/mol. The number of hydrogen-bond donors (Lipinski definition) is 0. The molecule has 0 saturated carbocycles. The third-order valence-electron chi connectivity index (χ3n) is 5.00. The lowest BCUT2D eigenvalue weighted by atomic mass is 10.3. The van der Waals surface area contributed by atoms with Crippen molar-refractivity contribution in [1.82, 2.24) is 19.7 Å². The number of rotatable bonds is 5. The number of thiazole rings is 1. The molecular formula is C19H19ClN6O3S. The van der Waals surface area contributed by atoms with Crippen molar-refractivity contribution in [3.63, 3.8) is 0 Å². The molecular weight excluding hydrogens is 428 g/mol. The second-order valence-electron chi connectivity index (χ2n) is 6.93. The molecule has 30 heavy (non-hydrogen) atoms. The minimum atomic E-state index is -0.493. The van der Waals surface area contributed by atoms with Crippen LogP contribution in [0, 0.1) is 10.1 Å². The van der Waals surface area contributed by atoms with Crippen LogP contribution in [-0.2, 0) is 6.54 Å². The molecule has 0 N–H and O–H groups in total. The highest BCUT2D eigenvalue weighted by molar-refractivity contribution is 7.07. The van der Waals surface area contributed by atoms with Gasteiger partial charge in [-0.1, -0.05) is 11.6 Å². The van der Waals surface area contributed by atoms with Crippen LogP contribution in [-0.4, -0.2) is 50.8 Å². The Morgan fingerprint density at radius 1 is 1.17 bits per heavy atom. The van der Waals surface area contributed by atoms with Gasteiger partial charge >= 0.3 is 0 Å². The van der Waals surface area contributed by atoms with Crippen molar-refractivity contribution in [2.75, 3.05) is 31.1 Å². The Morgan fingerprint density at radius 3 is 2.67 bits per heavy atom. The van der Waals surface area contributed by atoms with Crippen molar-refractivity contribution >= 4 is 34.3 Å². The number of nitro benzene ring substituents is 1. The molecule has 0 unspecified atom stereocenters. The zero-order valence-electron chi connectivity index (χ0n) is 16.0. The fraction of sp³-hybridized carbons (Fsp3) is 0.316. The van der Waals surface area contributed by atoms with Crippen LogP contribution in [0.2, 0.25) is 5.02 Å². The third-order valence-corrected chi connectivity index (χ3v) is 5.99. The molecule has 0 aliphatic carbocycles. The SMILES string of the molecule is O=c1c(Cl)c(N2CCCN(Cc3cscn3)CC2)cnn1-c1ccc([N+](=O)[O-])cc1. The molecule has 11 heteroatoms. The molecule has 1 fully saturated rings. The van der Waals surface area contributed by atoms with E-state index < -0.39 is 10.5 Å². The lowest BCUT2D eigenvalue weighted by Gasteiger charge is -2.24. The molecule has 3 heterocycles. The molecule has 9 nitrogen and oxygen atoms in total. The van der Waals surface area contributed by atoms with E-state index in [2.05, 4.69) is 25.3 Å². The molecule has 0 radical (unpaired) electrons. The van der Waals surface area contributed by atoms with Crippen LogP contribution in [0.3, 0.4) is 0 Å². The van der Waals surface area contributed by atoms with Crippen molar-refractivity contribution < 1.29 is 4.92 Å². The highest BCUT2D eigenvalue weighted by Gasteiger charge is 2.20. The van der Waals surface area contributed by atoms with Crippen molar-refractivity contribution in [3.8, 4) is 5.69 Å². The van der Waals surface area contributed by atoms with Gasteiger partial charge in [0.15, 0.2) is 0 Å². The largest absolute Gasteiger partial charge is 0.368 e. The Labute approximate surface area is 181 Å². The number of non-ortho nitro benzene ring substituents is 1. The van der Waals surface area contributed by atoms with Crippen LogP contribution >= 0.6 is 22.9 Å². The number of benzene rings is 1. The third kappa shape index (κ3) is 4.35. The highest BCUT2D eigenvalue weighted by atomic mass is 35.5. The Balaban J connectivity index is 1.51. The molecule has 0 amide bonds. The number of anilines is 1. The zero-order valence-corrected chi connectivity index (χ0v) is 17.6. The predicted molar refractivity (Wildman–Crippen MR) is 116 cm³/mol. The summed E-state index contributed by atoms with van der Waals surface area (Å²) >= 11 is 8.01. The number of hydrogen-bond acceptors (Lipinski definition) is 8. The van der Waals surface area contributed by atoms with E-state index in [4.69, 9.17) is 11.6 Å². The highest BCUT2D eigenvalue weighted by Crippen LogP contribution is 2.24. The standard InChI is InChI=1S/C19H19ClN6O3S/c20-18-17(24-7-1-6-23(8-9-24)11-14-12-30-13-21-14)10-22-25(19(18)27)15-2-4-16(5-3-15)26(28)29/h2-5,10,12-13H,1,6-9,11H2. The van der Waals surface area contributed by atoms with E-state index in [1.807, 2.05) is 5.51 Å². The van der Waals surface area contributed by atoms with Crippen molar-refractivity contribution in [3.05, 3.63) is 72.5 Å². The first-order valence-electron chi connectivity index (χ1n) is 9.40. The van der Waals surface area contributed by atoms with E-state index in [9.17, 15) is 14.9 Å². The Morgan fingerprint density at radius 2 is 1.97 bits per heavy atom. The van der Waals surface area contributed by atoms with Gasteiger partial charge in [-0.25, -0.2) is 4.98 Å². The van der Waals surface area contributed by atoms with Gasteiger partial charge in [0.1, 0.15) is 5.02 Å². The summed E-state index contributed by atoms with van der Waals surface area (Å²) < 4.78 is 1.15. The first kappa shape index (κ1) is 20.5. The normalized spacial score (nSPS) is 15.2. The van der Waals surface area contributed by atoms with Gasteiger partial charge in [0, 0.05) is 50.2 Å². The molecule has 1 aromatic carbocycles. The summed E-state index contributed by atoms with van der Waals surface area (Å²) in [7, 11) is 0. The minimum Gasteiger partial charge on any atom is -0.368 e. The summed E-state index contributed by atoms with van der Waals surface area (Å²) in [6.45, 7) is 4.09. The molecule has 156 valence electrons. The number of nitrogens with zero attached hydrogens (tertiary/aromatic N) is 6. The lowest BCUT2D eigenvalue weighted by Crippen LogP contribution is -2.32. The molecule has 0 atom stereocenters. The monoisotopic (exact) mass is 446 g/mol. The molecule has 1 saturated heterocycles. The van der Waals surface area contributed by atoms with Gasteiger partial charge in [0.05, 0.1) is 33.7 Å². The van der Waals surface area contributed by atoms with Gasteiger partial charge < -0.3 is 4.90 Å². The molecule has 1 aliphatic rings. The van der Waals surface area contributed by atoms with E-state index in [0.29, 0.717) is 11.4 Å². The zero-order chi connectivity index (χ0) is 21.1. The molecule has 1 aliphatic heterocycles. The van der Waals surface area contributed by atoms with Gasteiger partial charge in [0.25, 0.3) is 11.2 Å². The van der Waals surface area contributed by atoms with Crippen molar-refractivity contribution in [2.24, 2.45) is 0 Å². The molecule has 3 aromatic rings. The second-order valence-corrected chi connectivity index (χ2v) is 8.03. The topological polar surface area (TPSA) is 97.4 Å². The quantitative estimate of drug-likeness (QED) is 0.439. The molecule has 2 aromatic heterocycles. The lowest BCUT2D eigenvalue weighted by molar-refractivity contribution is -0.384. The Kier molecular flexibility index (Phi) is 6.07. The first-order chi connectivity index (χ1) is 14.5. The van der Waals surface area contributed by atoms with Gasteiger partial charge in [-0.3, -0.25) is 19.8 Å². The smallest absolute Gasteiger partial charge is 0.292 e. The van der Waals surface area contributed by atoms with E-state index in [-0.39, 0.29) is 10.7 Å². The van der Waals surface area contributed by atoms with Crippen LogP contribution in [0.1, 0.15) is 12.1 Å². The summed E-state index contributed by atoms with van der Waals surface area (Å²) in [4.78, 5) is 31.9. The number of nitro groups is 1. The van der Waals surface area contributed by atoms with Crippen LogP contribution in [0.5, 0.6) is 0 Å². The van der Waals surface area contributed by atoms with Gasteiger partial charge in [-0.05, 0) is 18.6 Å². The Hall–Kier alpha value is -2.82. The predicted octanol–water partition coefficient (Wildman–Crippen LogP) is 2.96. The molecule has 0 spiro atoms. The van der Waals surface area contributed by atoms with Crippen LogP contribution in [0.15, 0.2) is 46.1 Å². The summed E-state index contributed by atoms with van der Waals surface area (Å²) in [5, 5.41) is 17.2. The molecule has 4 rings (SSSR count). The van der Waals surface area contributed by atoms with Gasteiger partial charge in [-0.15, -0.1) is 11.3 Å². The van der Waals surface area contributed by atoms with E-state index >= 15 is 0 Å². The van der Waals surface area contributed by atoms with Crippen molar-refractivity contribution in [1.29, 1.82) is 0 Å². The maximum Gasteiger partial charge on any atom is 0.292 e. The molecule has 0 bridgehead atoms. The van der Waals surface area contributed by atoms with Crippen molar-refractivity contribution in [2.45, 2.75) is 13.0 Å². The number of aromatic nitrogens is 3. The second kappa shape index (κ2) is 8.90. The van der Waals surface area contributed by atoms with Gasteiger partial charge in [0.2, 0.25) is 0 Å². The fourth-order valence-electron chi connectivity index (χ4n) is 3.46. The minimum absolute atomic E-state index is 0.0544. The number of halogens is 1. The van der Waals surface area contributed by atoms with E-state index in [1.54, 1.807) is 17.5 Å². The van der Waals surface area contributed by atoms with Crippen LogP contribution < -0.4 is 10.5 Å². The maximum atomic E-state index is 12.8. The summed E-state index contributed by atoms with van der Waals surface area (Å²) in [5.74, 6) is 0. The van der Waals surface area contributed by atoms with E-state index in [0.717, 1.165) is 49.5 Å². The first-order valence-corrected chi connectivity index (χ1v) is 10.7. The maximum absolute atomic E-state index is 12.8. The summed E-state index contributed by atoms with van der Waals surface area (Å²) in [6, 6.07) is 5.61. The summed E-state index contributed by atoms with van der Waals surface area (Å²) in [5.41, 5.74) is 3.43. The van der Waals surface area contributed by atoms with Gasteiger partial charge in [-0.2, -0.15) is 9.78 Å². The fourth-order valence-corrected chi connectivity index (χ4v) is 4.26. The summed E-state index contributed by atoms with van der Waals surface area (Å²) in [6.07, 6.45) is 2.52. The Bertz CT molecular complexity index is 1090. The van der Waals surface area contributed by atoms with Crippen LogP contribution in [0.4, 0.5) is 11.4 Å². The van der Waals surface area contributed by atoms with Crippen LogP contribution in [0.25, 0.3) is 5.69 Å². The van der Waals surface area contributed by atoms with E-state index in [1.165, 1.54) is 24.3 Å².